The molecule has 0 amide bonds. The highest BCUT2D eigenvalue weighted by molar-refractivity contribution is 7.57. The predicted octanol–water partition coefficient (Wildman–Crippen LogP) is 18.8. The topological polar surface area (TPSA) is 0 Å². The van der Waals surface area contributed by atoms with Gasteiger partial charge in [0.05, 0.1) is 0 Å². The summed E-state index contributed by atoms with van der Waals surface area (Å²) in [6, 6.07) is 0. The maximum absolute atomic E-state index is 2.36. The monoisotopic (exact) mass is 707 g/mol. The standard InChI is InChI=1S/C48H99P/c1-6-11-16-21-27-34-41-48(42-35-28-22-17-12-7-2,43-36-29-23-18-13-8-3)44-37-30-26-33-40-47-49(45-38-31-24-19-14-9-4)46-39-32-25-20-15-10-5/h6-47H2,1-5H3. The van der Waals surface area contributed by atoms with Crippen molar-refractivity contribution in [1.82, 2.24) is 0 Å². The summed E-state index contributed by atoms with van der Waals surface area (Å²) in [5.74, 6) is 0. The van der Waals surface area contributed by atoms with Crippen molar-refractivity contribution in [2.24, 2.45) is 5.41 Å². The van der Waals surface area contributed by atoms with Crippen LogP contribution in [0, 0.1) is 5.41 Å². The van der Waals surface area contributed by atoms with Crippen LogP contribution in [0.25, 0.3) is 0 Å². The first-order valence-electron chi connectivity index (χ1n) is 23.9. The molecular weight excluding hydrogens is 608 g/mol. The van der Waals surface area contributed by atoms with Gasteiger partial charge in [0.2, 0.25) is 0 Å². The van der Waals surface area contributed by atoms with Crippen LogP contribution < -0.4 is 0 Å². The highest BCUT2D eigenvalue weighted by Gasteiger charge is 2.28. The molecule has 0 unspecified atom stereocenters. The molecule has 0 N–H and O–H groups in total. The molecule has 0 atom stereocenters. The summed E-state index contributed by atoms with van der Waals surface area (Å²) in [7, 11) is 0.309. The Balaban J connectivity index is 4.89. The molecule has 296 valence electrons. The van der Waals surface area contributed by atoms with Gasteiger partial charge in [0.1, 0.15) is 0 Å². The van der Waals surface area contributed by atoms with Crippen LogP contribution in [0.15, 0.2) is 0 Å². The zero-order valence-corrected chi connectivity index (χ0v) is 36.5. The van der Waals surface area contributed by atoms with E-state index < -0.39 is 0 Å². The van der Waals surface area contributed by atoms with E-state index in [0.29, 0.717) is 13.3 Å². The summed E-state index contributed by atoms with van der Waals surface area (Å²) in [4.78, 5) is 0. The lowest BCUT2D eigenvalue weighted by atomic mass is 9.70. The van der Waals surface area contributed by atoms with Gasteiger partial charge in [-0.1, -0.05) is 240 Å². The van der Waals surface area contributed by atoms with Gasteiger partial charge < -0.3 is 0 Å². The zero-order valence-electron chi connectivity index (χ0n) is 35.6. The van der Waals surface area contributed by atoms with E-state index in [-0.39, 0.29) is 0 Å². The van der Waals surface area contributed by atoms with Gasteiger partial charge in [0.25, 0.3) is 0 Å². The fourth-order valence-electron chi connectivity index (χ4n) is 8.52. The van der Waals surface area contributed by atoms with E-state index >= 15 is 0 Å². The van der Waals surface area contributed by atoms with Crippen molar-refractivity contribution in [1.29, 1.82) is 0 Å². The first kappa shape index (κ1) is 49.4. The quantitative estimate of drug-likeness (QED) is 0.0437. The van der Waals surface area contributed by atoms with Crippen LogP contribution in [0.1, 0.15) is 285 Å². The van der Waals surface area contributed by atoms with Crippen molar-refractivity contribution in [3.05, 3.63) is 0 Å². The molecule has 0 saturated heterocycles. The second kappa shape index (κ2) is 41.2. The van der Waals surface area contributed by atoms with Crippen LogP contribution in [0.4, 0.5) is 0 Å². The van der Waals surface area contributed by atoms with E-state index in [9.17, 15) is 0 Å². The van der Waals surface area contributed by atoms with Gasteiger partial charge in [-0.25, -0.2) is 0 Å². The minimum atomic E-state index is 0.309. The van der Waals surface area contributed by atoms with Crippen LogP contribution in [-0.4, -0.2) is 18.5 Å². The molecule has 1 heteroatoms. The fraction of sp³-hybridized carbons (Fsp3) is 1.00. The average molecular weight is 707 g/mol. The highest BCUT2D eigenvalue weighted by atomic mass is 31.1. The molecule has 0 heterocycles. The number of hydrogen-bond donors (Lipinski definition) is 0. The lowest BCUT2D eigenvalue weighted by Gasteiger charge is -2.35. The van der Waals surface area contributed by atoms with Crippen LogP contribution in [0.3, 0.4) is 0 Å². The third-order valence-electron chi connectivity index (χ3n) is 12.0. The van der Waals surface area contributed by atoms with E-state index in [1.165, 1.54) is 225 Å². The smallest absolute Gasteiger partial charge is 0.0297 e. The van der Waals surface area contributed by atoms with Crippen molar-refractivity contribution >= 4 is 7.92 Å². The molecule has 0 aromatic heterocycles. The Bertz CT molecular complexity index is 527. The minimum absolute atomic E-state index is 0.309. The Labute approximate surface area is 315 Å². The highest BCUT2D eigenvalue weighted by Crippen LogP contribution is 2.43. The number of hydrogen-bond acceptors (Lipinski definition) is 0. The first-order valence-corrected chi connectivity index (χ1v) is 25.8. The SMILES string of the molecule is CCCCCCCCP(CCCCCCCC)CCCCCCCC(CCCCCCCC)(CCCCCCCC)CCCCCCCC. The third-order valence-corrected chi connectivity index (χ3v) is 14.9. The fourth-order valence-corrected chi connectivity index (χ4v) is 11.2. The van der Waals surface area contributed by atoms with Crippen molar-refractivity contribution in [2.75, 3.05) is 18.5 Å². The van der Waals surface area contributed by atoms with Gasteiger partial charge in [-0.05, 0) is 68.8 Å². The molecular formula is C48H99P. The molecule has 49 heavy (non-hydrogen) atoms. The maximum atomic E-state index is 2.36. The molecule has 0 aliphatic rings. The Kier molecular flexibility index (Phi) is 41.6. The molecule has 0 aliphatic carbocycles. The Hall–Kier alpha value is 0.430. The van der Waals surface area contributed by atoms with Crippen LogP contribution in [-0.2, 0) is 0 Å². The van der Waals surface area contributed by atoms with Gasteiger partial charge in [-0.3, -0.25) is 0 Å². The summed E-state index contributed by atoms with van der Waals surface area (Å²) >= 11 is 0. The second-order valence-electron chi connectivity index (χ2n) is 16.9. The van der Waals surface area contributed by atoms with Crippen LogP contribution in [0.5, 0.6) is 0 Å². The van der Waals surface area contributed by atoms with Gasteiger partial charge in [-0.2, -0.15) is 0 Å². The molecule has 0 aromatic rings. The largest absolute Gasteiger partial charge is 0.107 e. The minimum Gasteiger partial charge on any atom is -0.107 e. The summed E-state index contributed by atoms with van der Waals surface area (Å²) in [6.45, 7) is 11.8. The average Bonchev–Trinajstić information content (AvgIpc) is 3.11. The molecule has 0 fully saturated rings. The van der Waals surface area contributed by atoms with Gasteiger partial charge in [0, 0.05) is 0 Å². The molecule has 0 aromatic carbocycles. The van der Waals surface area contributed by atoms with E-state index in [1.54, 1.807) is 44.2 Å². The summed E-state index contributed by atoms with van der Waals surface area (Å²) in [6.07, 6.45) is 62.6. The lowest BCUT2D eigenvalue weighted by Crippen LogP contribution is -2.21. The van der Waals surface area contributed by atoms with Crippen LogP contribution >= 0.6 is 7.92 Å². The van der Waals surface area contributed by atoms with Crippen LogP contribution in [0.2, 0.25) is 0 Å². The second-order valence-corrected chi connectivity index (χ2v) is 19.6. The Morgan fingerprint density at radius 2 is 0.408 bits per heavy atom. The van der Waals surface area contributed by atoms with E-state index in [4.69, 9.17) is 0 Å². The Morgan fingerprint density at radius 3 is 0.633 bits per heavy atom. The van der Waals surface area contributed by atoms with Gasteiger partial charge in [-0.15, -0.1) is 7.92 Å². The van der Waals surface area contributed by atoms with Crippen molar-refractivity contribution < 1.29 is 0 Å². The van der Waals surface area contributed by atoms with E-state index in [2.05, 4.69) is 34.6 Å². The third kappa shape index (κ3) is 35.2. The normalized spacial score (nSPS) is 12.1. The lowest BCUT2D eigenvalue weighted by molar-refractivity contribution is 0.171. The van der Waals surface area contributed by atoms with Gasteiger partial charge in [0.15, 0.2) is 0 Å². The van der Waals surface area contributed by atoms with Crippen molar-refractivity contribution in [3.8, 4) is 0 Å². The summed E-state index contributed by atoms with van der Waals surface area (Å²) < 4.78 is 0. The molecule has 0 rings (SSSR count). The molecule has 0 radical (unpaired) electrons. The maximum Gasteiger partial charge on any atom is -0.0297 e. The number of unbranched alkanes of at least 4 members (excludes halogenated alkanes) is 29. The molecule has 0 bridgehead atoms. The molecule has 0 nitrogen and oxygen atoms in total. The van der Waals surface area contributed by atoms with Crippen molar-refractivity contribution in [3.63, 3.8) is 0 Å². The predicted molar refractivity (Wildman–Crippen MR) is 232 cm³/mol. The first-order chi connectivity index (χ1) is 24.2. The molecule has 0 aliphatic heterocycles. The molecule has 0 spiro atoms. The Morgan fingerprint density at radius 1 is 0.224 bits per heavy atom. The summed E-state index contributed by atoms with van der Waals surface area (Å²) in [5.41, 5.74) is 0.669. The summed E-state index contributed by atoms with van der Waals surface area (Å²) in [5, 5.41) is 0. The van der Waals surface area contributed by atoms with E-state index in [0.717, 1.165) is 0 Å². The number of rotatable bonds is 43. The van der Waals surface area contributed by atoms with Crippen molar-refractivity contribution in [2.45, 2.75) is 285 Å². The molecule has 0 saturated carbocycles. The van der Waals surface area contributed by atoms with E-state index in [1.807, 2.05) is 0 Å². The zero-order chi connectivity index (χ0) is 35.8. The van der Waals surface area contributed by atoms with Gasteiger partial charge >= 0.3 is 0 Å².